The lowest BCUT2D eigenvalue weighted by Crippen LogP contribution is -2.38. The van der Waals surface area contributed by atoms with Crippen molar-refractivity contribution >= 4 is 53.3 Å². The van der Waals surface area contributed by atoms with Crippen LogP contribution < -0.4 is 22.5 Å². The van der Waals surface area contributed by atoms with Gasteiger partial charge < -0.3 is 0 Å². The summed E-state index contributed by atoms with van der Waals surface area (Å²) in [6.45, 7) is 0. The van der Waals surface area contributed by atoms with Gasteiger partial charge in [-0.05, 0) is 72.8 Å². The van der Waals surface area contributed by atoms with Crippen LogP contribution in [0, 0.1) is 0 Å². The molecule has 0 saturated heterocycles. The summed E-state index contributed by atoms with van der Waals surface area (Å²) >= 11 is 1.46. The van der Waals surface area contributed by atoms with Crippen molar-refractivity contribution in [1.29, 1.82) is 0 Å². The Morgan fingerprint density at radius 2 is 0.735 bits per heavy atom. The molecule has 0 unspecified atom stereocenters. The molecule has 234 valence electrons. The predicted molar refractivity (Wildman–Crippen MR) is 197 cm³/mol. The zero-order valence-electron chi connectivity index (χ0n) is 25.7. The molecule has 0 saturated carbocycles. The first-order chi connectivity index (χ1) is 24.0. The van der Waals surface area contributed by atoms with Gasteiger partial charge in [-0.1, -0.05) is 72.8 Å². The van der Waals surface area contributed by atoms with Gasteiger partial charge in [0.1, 0.15) is 0 Å². The Labute approximate surface area is 280 Å². The number of aromatic nitrogens is 4. The molecular formula is C40H24N4O4S. The Morgan fingerprint density at radius 3 is 1.16 bits per heavy atom. The molecule has 0 aliphatic carbocycles. The molecule has 0 aliphatic heterocycles. The van der Waals surface area contributed by atoms with Gasteiger partial charge in [-0.15, -0.1) is 11.3 Å². The number of rotatable bonds is 4. The summed E-state index contributed by atoms with van der Waals surface area (Å²) in [4.78, 5) is 55.8. The van der Waals surface area contributed by atoms with Crippen molar-refractivity contribution in [3.63, 3.8) is 0 Å². The van der Waals surface area contributed by atoms with Crippen LogP contribution in [0.3, 0.4) is 0 Å². The zero-order chi connectivity index (χ0) is 33.2. The molecule has 0 radical (unpaired) electrons. The fourth-order valence-corrected chi connectivity index (χ4v) is 7.83. The molecule has 9 rings (SSSR count). The molecule has 6 aromatic carbocycles. The van der Waals surface area contributed by atoms with Crippen LogP contribution in [0.4, 0.5) is 0 Å². The Kier molecular flexibility index (Phi) is 6.43. The maximum atomic E-state index is 14.1. The van der Waals surface area contributed by atoms with Crippen LogP contribution in [-0.2, 0) is 0 Å². The fourth-order valence-electron chi connectivity index (χ4n) is 6.66. The van der Waals surface area contributed by atoms with E-state index in [1.807, 2.05) is 97.1 Å². The van der Waals surface area contributed by atoms with Gasteiger partial charge in [-0.2, -0.15) is 0 Å². The number of nitrogens with zero attached hydrogens (tertiary/aromatic N) is 4. The highest BCUT2D eigenvalue weighted by Crippen LogP contribution is 2.36. The molecule has 0 aliphatic rings. The minimum Gasteiger partial charge on any atom is -0.268 e. The zero-order valence-corrected chi connectivity index (χ0v) is 26.5. The van der Waals surface area contributed by atoms with Crippen molar-refractivity contribution in [1.82, 2.24) is 18.3 Å². The Morgan fingerprint density at radius 1 is 0.347 bits per heavy atom. The van der Waals surface area contributed by atoms with Crippen molar-refractivity contribution in [3.05, 3.63) is 187 Å². The molecule has 0 amide bonds. The summed E-state index contributed by atoms with van der Waals surface area (Å²) in [5.41, 5.74) is 1.53. The highest BCUT2D eigenvalue weighted by molar-refractivity contribution is 7.25. The van der Waals surface area contributed by atoms with Crippen LogP contribution >= 0.6 is 11.3 Å². The molecule has 0 N–H and O–H groups in total. The van der Waals surface area contributed by atoms with Crippen molar-refractivity contribution < 1.29 is 0 Å². The average molecular weight is 657 g/mol. The summed E-state index contributed by atoms with van der Waals surface area (Å²) < 4.78 is 7.24. The van der Waals surface area contributed by atoms with E-state index in [0.29, 0.717) is 44.6 Å². The monoisotopic (exact) mass is 656 g/mol. The van der Waals surface area contributed by atoms with E-state index in [-0.39, 0.29) is 0 Å². The van der Waals surface area contributed by atoms with E-state index in [0.717, 1.165) is 20.2 Å². The Hall–Kier alpha value is -6.58. The van der Waals surface area contributed by atoms with Crippen molar-refractivity contribution in [2.45, 2.75) is 0 Å². The second-order valence-electron chi connectivity index (χ2n) is 11.7. The predicted octanol–water partition coefficient (Wildman–Crippen LogP) is 6.96. The molecule has 9 aromatic rings. The van der Waals surface area contributed by atoms with E-state index in [2.05, 4.69) is 0 Å². The number of fused-ring (bicyclic) bond motifs is 5. The van der Waals surface area contributed by atoms with E-state index in [1.54, 1.807) is 57.7 Å². The number of benzene rings is 6. The first-order valence-electron chi connectivity index (χ1n) is 15.6. The maximum Gasteiger partial charge on any atom is 0.340 e. The molecular weight excluding hydrogens is 633 g/mol. The van der Waals surface area contributed by atoms with Crippen LogP contribution in [0.1, 0.15) is 0 Å². The third kappa shape index (κ3) is 4.37. The van der Waals surface area contributed by atoms with Crippen LogP contribution in [0.2, 0.25) is 0 Å². The van der Waals surface area contributed by atoms with Crippen molar-refractivity contribution in [2.24, 2.45) is 0 Å². The summed E-state index contributed by atoms with van der Waals surface area (Å²) in [7, 11) is 0. The minimum absolute atomic E-state index is 0.402. The molecule has 0 spiro atoms. The maximum absolute atomic E-state index is 14.1. The third-order valence-corrected chi connectivity index (χ3v) is 10.0. The SMILES string of the molecule is O=c1c2ccccc2n(-c2ccccc2)c(=O)n1-c1ccc2c(c1)sc1cc(-n3c(=O)c4ccccc4n(-c4ccccc4)c3=O)ccc12. The van der Waals surface area contributed by atoms with Gasteiger partial charge in [0, 0.05) is 20.2 Å². The second-order valence-corrected chi connectivity index (χ2v) is 12.8. The van der Waals surface area contributed by atoms with Gasteiger partial charge in [-0.3, -0.25) is 18.7 Å². The van der Waals surface area contributed by atoms with Gasteiger partial charge in [0.15, 0.2) is 0 Å². The standard InChI is InChI=1S/C40H24N4O4S/c45-37-31-15-7-9-17-33(31)41(25-11-3-1-4-12-25)39(47)43(37)27-19-21-29-30-22-20-28(24-36(30)49-35(29)23-27)44-38(46)32-16-8-10-18-34(32)42(40(44)48)26-13-5-2-6-14-26/h1-24H. The van der Waals surface area contributed by atoms with E-state index in [9.17, 15) is 19.2 Å². The third-order valence-electron chi connectivity index (χ3n) is 8.91. The molecule has 0 bridgehead atoms. The number of para-hydroxylation sites is 4. The number of thiophene rings is 1. The van der Waals surface area contributed by atoms with Crippen molar-refractivity contribution in [2.75, 3.05) is 0 Å². The molecule has 49 heavy (non-hydrogen) atoms. The molecule has 9 heteroatoms. The summed E-state index contributed by atoms with van der Waals surface area (Å²) in [6, 6.07) is 43.8. The smallest absolute Gasteiger partial charge is 0.268 e. The largest absolute Gasteiger partial charge is 0.340 e. The van der Waals surface area contributed by atoms with Gasteiger partial charge in [0.25, 0.3) is 11.1 Å². The first kappa shape index (κ1) is 28.6. The quantitative estimate of drug-likeness (QED) is 0.205. The fraction of sp³-hybridized carbons (Fsp3) is 0. The molecule has 0 atom stereocenters. The minimum atomic E-state index is -0.469. The summed E-state index contributed by atoms with van der Waals surface area (Å²) in [5, 5.41) is 2.71. The van der Waals surface area contributed by atoms with Gasteiger partial charge in [0.2, 0.25) is 0 Å². The second kappa shape index (κ2) is 11.0. The lowest BCUT2D eigenvalue weighted by Gasteiger charge is -2.14. The van der Waals surface area contributed by atoms with E-state index >= 15 is 0 Å². The highest BCUT2D eigenvalue weighted by Gasteiger charge is 2.19. The molecule has 0 fully saturated rings. The Balaban J connectivity index is 1.24. The average Bonchev–Trinajstić information content (AvgIpc) is 3.50. The topological polar surface area (TPSA) is 88.0 Å². The Bertz CT molecular complexity index is 2820. The van der Waals surface area contributed by atoms with Crippen LogP contribution in [0.15, 0.2) is 165 Å². The molecule has 8 nitrogen and oxygen atoms in total. The first-order valence-corrected chi connectivity index (χ1v) is 16.4. The van der Waals surface area contributed by atoms with Gasteiger partial charge in [-0.25, -0.2) is 18.7 Å². The lowest BCUT2D eigenvalue weighted by molar-refractivity contribution is 0.835. The van der Waals surface area contributed by atoms with E-state index in [4.69, 9.17) is 0 Å². The highest BCUT2D eigenvalue weighted by atomic mass is 32.1. The molecule has 3 heterocycles. The lowest BCUT2D eigenvalue weighted by atomic mass is 10.1. The van der Waals surface area contributed by atoms with E-state index in [1.165, 1.54) is 20.5 Å². The summed E-state index contributed by atoms with van der Waals surface area (Å²) in [5.74, 6) is 0. The van der Waals surface area contributed by atoms with E-state index < -0.39 is 22.5 Å². The van der Waals surface area contributed by atoms with Crippen LogP contribution in [0.5, 0.6) is 0 Å². The summed E-state index contributed by atoms with van der Waals surface area (Å²) in [6.07, 6.45) is 0. The molecule has 3 aromatic heterocycles. The van der Waals surface area contributed by atoms with Gasteiger partial charge >= 0.3 is 11.4 Å². The van der Waals surface area contributed by atoms with Crippen molar-refractivity contribution in [3.8, 4) is 22.7 Å². The van der Waals surface area contributed by atoms with Gasteiger partial charge in [0.05, 0.1) is 44.6 Å². The van der Waals surface area contributed by atoms with Crippen LogP contribution in [-0.4, -0.2) is 18.3 Å². The van der Waals surface area contributed by atoms with Crippen LogP contribution in [0.25, 0.3) is 64.7 Å². The normalized spacial score (nSPS) is 11.6. The number of hydrogen-bond donors (Lipinski definition) is 0. The number of hydrogen-bond acceptors (Lipinski definition) is 5.